The van der Waals surface area contributed by atoms with Crippen LogP contribution in [-0.2, 0) is 29.0 Å². The molecule has 1 saturated heterocycles. The normalized spacial score (nSPS) is 18.8. The van der Waals surface area contributed by atoms with E-state index in [1.54, 1.807) is 7.11 Å². The molecule has 1 fully saturated rings. The molecule has 0 unspecified atom stereocenters. The Labute approximate surface area is 171 Å². The number of nitrogens with one attached hydrogen (secondary N) is 1. The molecule has 0 aliphatic carbocycles. The molecule has 1 N–H and O–H groups in total. The van der Waals surface area contributed by atoms with E-state index in [4.69, 9.17) is 14.5 Å². The highest BCUT2D eigenvalue weighted by molar-refractivity contribution is 5.76. The predicted octanol–water partition coefficient (Wildman–Crippen LogP) is 2.28. The van der Waals surface area contributed by atoms with Crippen LogP contribution in [0.25, 0.3) is 0 Å². The van der Waals surface area contributed by atoms with Crippen LogP contribution in [0.15, 0.2) is 30.5 Å². The number of para-hydroxylation sites is 1. The van der Waals surface area contributed by atoms with E-state index in [0.29, 0.717) is 26.1 Å². The molecule has 2 aromatic rings. The maximum Gasteiger partial charge on any atom is 0.225 e. The smallest absolute Gasteiger partial charge is 0.225 e. The average Bonchev–Trinajstić information content (AvgIpc) is 2.77. The van der Waals surface area contributed by atoms with Crippen LogP contribution in [-0.4, -0.2) is 48.7 Å². The van der Waals surface area contributed by atoms with Gasteiger partial charge >= 0.3 is 0 Å². The Balaban J connectivity index is 1.32. The lowest BCUT2D eigenvalue weighted by Gasteiger charge is -2.33. The number of aromatic nitrogens is 2. The second-order valence-electron chi connectivity index (χ2n) is 7.61. The molecular formula is C22H28N4O3. The molecule has 3 heterocycles. The SMILES string of the molecule is COc1ccccc1CCC(=O)N[C@@H]1CCCN(c2ncc3c(n2)CCOC3)C1. The van der Waals surface area contributed by atoms with Crippen LogP contribution in [0.5, 0.6) is 5.75 Å². The van der Waals surface area contributed by atoms with Crippen molar-refractivity contribution in [1.29, 1.82) is 0 Å². The van der Waals surface area contributed by atoms with Crippen molar-refractivity contribution in [2.75, 3.05) is 31.7 Å². The second-order valence-corrected chi connectivity index (χ2v) is 7.61. The topological polar surface area (TPSA) is 76.6 Å². The summed E-state index contributed by atoms with van der Waals surface area (Å²) >= 11 is 0. The molecule has 0 saturated carbocycles. The number of aryl methyl sites for hydroxylation is 1. The largest absolute Gasteiger partial charge is 0.496 e. The fourth-order valence-corrected chi connectivity index (χ4v) is 4.01. The first-order chi connectivity index (χ1) is 14.2. The Bertz CT molecular complexity index is 858. The van der Waals surface area contributed by atoms with E-state index in [2.05, 4.69) is 15.2 Å². The molecule has 0 spiro atoms. The van der Waals surface area contributed by atoms with E-state index >= 15 is 0 Å². The van der Waals surface area contributed by atoms with Gasteiger partial charge in [0, 0.05) is 43.7 Å². The summed E-state index contributed by atoms with van der Waals surface area (Å²) in [6.45, 7) is 2.98. The number of benzene rings is 1. The molecule has 0 radical (unpaired) electrons. The van der Waals surface area contributed by atoms with E-state index in [-0.39, 0.29) is 11.9 Å². The van der Waals surface area contributed by atoms with Crippen molar-refractivity contribution < 1.29 is 14.3 Å². The third-order valence-corrected chi connectivity index (χ3v) is 5.57. The van der Waals surface area contributed by atoms with Crippen LogP contribution in [0.1, 0.15) is 36.1 Å². The predicted molar refractivity (Wildman–Crippen MR) is 110 cm³/mol. The molecule has 2 aliphatic heterocycles. The minimum Gasteiger partial charge on any atom is -0.496 e. The number of anilines is 1. The van der Waals surface area contributed by atoms with Gasteiger partial charge in [0.25, 0.3) is 0 Å². The number of hydrogen-bond donors (Lipinski definition) is 1. The van der Waals surface area contributed by atoms with E-state index in [1.165, 1.54) is 0 Å². The monoisotopic (exact) mass is 396 g/mol. The van der Waals surface area contributed by atoms with Gasteiger partial charge in [0.2, 0.25) is 11.9 Å². The minimum absolute atomic E-state index is 0.0752. The van der Waals surface area contributed by atoms with Gasteiger partial charge in [-0.2, -0.15) is 0 Å². The number of piperidine rings is 1. The molecule has 4 rings (SSSR count). The van der Waals surface area contributed by atoms with Gasteiger partial charge in [0.1, 0.15) is 5.75 Å². The van der Waals surface area contributed by atoms with Crippen molar-refractivity contribution >= 4 is 11.9 Å². The first-order valence-corrected chi connectivity index (χ1v) is 10.3. The van der Waals surface area contributed by atoms with Crippen molar-refractivity contribution in [3.05, 3.63) is 47.3 Å². The Hall–Kier alpha value is -2.67. The Kier molecular flexibility index (Phi) is 6.24. The Morgan fingerprint density at radius 2 is 2.28 bits per heavy atom. The highest BCUT2D eigenvalue weighted by Crippen LogP contribution is 2.21. The minimum atomic E-state index is 0.0752. The van der Waals surface area contributed by atoms with Crippen LogP contribution in [0, 0.1) is 0 Å². The van der Waals surface area contributed by atoms with Crippen molar-refractivity contribution in [3.63, 3.8) is 0 Å². The third kappa shape index (κ3) is 4.85. The molecule has 1 aromatic heterocycles. The molecule has 7 nitrogen and oxygen atoms in total. The number of methoxy groups -OCH3 is 1. The Morgan fingerprint density at radius 3 is 3.17 bits per heavy atom. The lowest BCUT2D eigenvalue weighted by molar-refractivity contribution is -0.121. The van der Waals surface area contributed by atoms with Gasteiger partial charge in [-0.15, -0.1) is 0 Å². The molecule has 0 bridgehead atoms. The van der Waals surface area contributed by atoms with Crippen molar-refractivity contribution in [3.8, 4) is 5.75 Å². The molecule has 1 atom stereocenters. The number of rotatable bonds is 6. The van der Waals surface area contributed by atoms with Crippen molar-refractivity contribution in [2.24, 2.45) is 0 Å². The molecular weight excluding hydrogens is 368 g/mol. The molecule has 29 heavy (non-hydrogen) atoms. The summed E-state index contributed by atoms with van der Waals surface area (Å²) in [5.41, 5.74) is 3.23. The highest BCUT2D eigenvalue weighted by atomic mass is 16.5. The van der Waals surface area contributed by atoms with Crippen LogP contribution < -0.4 is 15.0 Å². The zero-order valence-corrected chi connectivity index (χ0v) is 16.9. The summed E-state index contributed by atoms with van der Waals surface area (Å²) in [7, 11) is 1.66. The fraction of sp³-hybridized carbons (Fsp3) is 0.500. The Morgan fingerprint density at radius 1 is 1.38 bits per heavy atom. The number of nitrogens with zero attached hydrogens (tertiary/aromatic N) is 3. The molecule has 2 aliphatic rings. The first-order valence-electron chi connectivity index (χ1n) is 10.3. The number of ether oxygens (including phenoxy) is 2. The van der Waals surface area contributed by atoms with Crippen LogP contribution in [0.2, 0.25) is 0 Å². The van der Waals surface area contributed by atoms with Crippen molar-refractivity contribution in [2.45, 2.75) is 44.8 Å². The van der Waals surface area contributed by atoms with Crippen molar-refractivity contribution in [1.82, 2.24) is 15.3 Å². The summed E-state index contributed by atoms with van der Waals surface area (Å²) in [5, 5.41) is 3.19. The fourth-order valence-electron chi connectivity index (χ4n) is 4.01. The van der Waals surface area contributed by atoms with Gasteiger partial charge in [-0.3, -0.25) is 4.79 Å². The van der Waals surface area contributed by atoms with E-state index in [9.17, 15) is 4.79 Å². The van der Waals surface area contributed by atoms with Gasteiger partial charge < -0.3 is 19.7 Å². The summed E-state index contributed by atoms with van der Waals surface area (Å²) < 4.78 is 10.8. The number of fused-ring (bicyclic) bond motifs is 1. The zero-order valence-electron chi connectivity index (χ0n) is 16.9. The molecule has 154 valence electrons. The summed E-state index contributed by atoms with van der Waals surface area (Å²) in [4.78, 5) is 24.0. The highest BCUT2D eigenvalue weighted by Gasteiger charge is 2.24. The summed E-state index contributed by atoms with van der Waals surface area (Å²) in [6, 6.07) is 7.97. The average molecular weight is 396 g/mol. The lowest BCUT2D eigenvalue weighted by atomic mass is 10.0. The second kappa shape index (κ2) is 9.22. The van der Waals surface area contributed by atoms with Gasteiger partial charge in [-0.05, 0) is 30.9 Å². The molecule has 1 amide bonds. The van der Waals surface area contributed by atoms with Crippen LogP contribution in [0.4, 0.5) is 5.95 Å². The quantitative estimate of drug-likeness (QED) is 0.807. The van der Waals surface area contributed by atoms with Gasteiger partial charge in [-0.25, -0.2) is 9.97 Å². The maximum atomic E-state index is 12.5. The first kappa shape index (κ1) is 19.6. The summed E-state index contributed by atoms with van der Waals surface area (Å²) in [6.07, 6.45) is 5.83. The van der Waals surface area contributed by atoms with Gasteiger partial charge in [0.05, 0.1) is 26.0 Å². The zero-order chi connectivity index (χ0) is 20.1. The number of carbonyl (C=O) groups excluding carboxylic acids is 1. The molecule has 1 aromatic carbocycles. The van der Waals surface area contributed by atoms with Gasteiger partial charge in [-0.1, -0.05) is 18.2 Å². The maximum absolute atomic E-state index is 12.5. The third-order valence-electron chi connectivity index (χ3n) is 5.57. The van der Waals surface area contributed by atoms with E-state index < -0.39 is 0 Å². The van der Waals surface area contributed by atoms with Crippen LogP contribution >= 0.6 is 0 Å². The van der Waals surface area contributed by atoms with Crippen LogP contribution in [0.3, 0.4) is 0 Å². The number of carbonyl (C=O) groups is 1. The molecule has 7 heteroatoms. The number of hydrogen-bond acceptors (Lipinski definition) is 6. The standard InChI is InChI=1S/C22H28N4O3/c1-28-20-7-3-2-5-16(20)8-9-21(27)24-18-6-4-11-26(14-18)22-23-13-17-15-29-12-10-19(17)25-22/h2-3,5,7,13,18H,4,6,8-12,14-15H2,1H3,(H,24,27)/t18-/m1/s1. The van der Waals surface area contributed by atoms with E-state index in [1.807, 2.05) is 30.5 Å². The van der Waals surface area contributed by atoms with Gasteiger partial charge in [0.15, 0.2) is 0 Å². The van der Waals surface area contributed by atoms with E-state index in [0.717, 1.165) is 60.9 Å². The summed E-state index contributed by atoms with van der Waals surface area (Å²) in [5.74, 6) is 1.67. The lowest BCUT2D eigenvalue weighted by Crippen LogP contribution is -2.48. The number of amides is 1.